The van der Waals surface area contributed by atoms with Crippen molar-refractivity contribution in [3.8, 4) is 0 Å². The second-order valence-corrected chi connectivity index (χ2v) is 4.36. The Labute approximate surface area is 95.8 Å². The monoisotopic (exact) mass is 244 g/mol. The van der Waals surface area contributed by atoms with Crippen molar-refractivity contribution >= 4 is 5.91 Å². The molecule has 0 radical (unpaired) electrons. The molecule has 2 rings (SSSR count). The molecule has 1 saturated carbocycles. The number of carbonyl (C=O) groups is 1. The van der Waals surface area contributed by atoms with Crippen molar-refractivity contribution in [1.29, 1.82) is 0 Å². The van der Waals surface area contributed by atoms with Crippen LogP contribution in [0.4, 0.5) is 13.2 Å². The number of hydrogen-bond acceptors (Lipinski definition) is 2. The molecule has 1 aromatic heterocycles. The Morgan fingerprint density at radius 1 is 1.41 bits per heavy atom. The fourth-order valence-electron chi connectivity index (χ4n) is 1.70. The minimum absolute atomic E-state index is 0.320. The molecular formula is C11H11F3N2O. The molecule has 3 nitrogen and oxygen atoms in total. The van der Waals surface area contributed by atoms with Crippen LogP contribution < -0.4 is 5.73 Å². The lowest BCUT2D eigenvalue weighted by atomic mass is 9.99. The van der Waals surface area contributed by atoms with Gasteiger partial charge in [-0.2, -0.15) is 13.2 Å². The maximum Gasteiger partial charge on any atom is 0.417 e. The first kappa shape index (κ1) is 11.9. The number of alkyl halides is 3. The predicted molar refractivity (Wildman–Crippen MR) is 53.8 cm³/mol. The third-order valence-electron chi connectivity index (χ3n) is 3.05. The van der Waals surface area contributed by atoms with E-state index in [9.17, 15) is 18.0 Å². The maximum absolute atomic E-state index is 12.3. The minimum atomic E-state index is -4.38. The second kappa shape index (κ2) is 3.72. The molecule has 1 amide bonds. The van der Waals surface area contributed by atoms with Gasteiger partial charge in [-0.25, -0.2) is 0 Å². The van der Waals surface area contributed by atoms with E-state index in [0.717, 1.165) is 12.3 Å². The molecule has 0 unspecified atom stereocenters. The highest BCUT2D eigenvalue weighted by Crippen LogP contribution is 2.47. The van der Waals surface area contributed by atoms with Crippen LogP contribution in [-0.4, -0.2) is 10.9 Å². The molecule has 0 spiro atoms. The zero-order valence-electron chi connectivity index (χ0n) is 8.92. The molecule has 0 aliphatic heterocycles. The number of pyridine rings is 1. The van der Waals surface area contributed by atoms with Gasteiger partial charge in [0.2, 0.25) is 5.91 Å². The molecule has 0 saturated heterocycles. The Bertz CT molecular complexity index is 435. The highest BCUT2D eigenvalue weighted by Gasteiger charge is 2.48. The van der Waals surface area contributed by atoms with Crippen LogP contribution in [0.1, 0.15) is 24.1 Å². The number of nitrogens with zero attached hydrogens (tertiary/aromatic N) is 1. The molecule has 1 heterocycles. The number of nitrogens with two attached hydrogens (primary N) is 1. The van der Waals surface area contributed by atoms with Crippen LogP contribution >= 0.6 is 0 Å². The van der Waals surface area contributed by atoms with Gasteiger partial charge in [0.15, 0.2) is 0 Å². The summed E-state index contributed by atoms with van der Waals surface area (Å²) >= 11 is 0. The molecule has 1 aliphatic carbocycles. The van der Waals surface area contributed by atoms with Gasteiger partial charge in [0.25, 0.3) is 0 Å². The lowest BCUT2D eigenvalue weighted by Crippen LogP contribution is -2.26. The summed E-state index contributed by atoms with van der Waals surface area (Å²) in [5, 5.41) is 0. The summed E-state index contributed by atoms with van der Waals surface area (Å²) in [4.78, 5) is 14.9. The summed E-state index contributed by atoms with van der Waals surface area (Å²) < 4.78 is 36.9. The van der Waals surface area contributed by atoms with E-state index in [1.807, 2.05) is 0 Å². The summed E-state index contributed by atoms with van der Waals surface area (Å²) in [6.07, 6.45) is -1.91. The minimum Gasteiger partial charge on any atom is -0.369 e. The van der Waals surface area contributed by atoms with Crippen molar-refractivity contribution < 1.29 is 18.0 Å². The van der Waals surface area contributed by atoms with E-state index in [1.54, 1.807) is 0 Å². The van der Waals surface area contributed by atoms with Gasteiger partial charge in [-0.05, 0) is 25.0 Å². The first-order valence-electron chi connectivity index (χ1n) is 5.16. The molecule has 1 aliphatic rings. The largest absolute Gasteiger partial charge is 0.417 e. The second-order valence-electron chi connectivity index (χ2n) is 4.36. The van der Waals surface area contributed by atoms with E-state index in [1.165, 1.54) is 6.07 Å². The van der Waals surface area contributed by atoms with Crippen LogP contribution in [0.15, 0.2) is 18.3 Å². The fourth-order valence-corrected chi connectivity index (χ4v) is 1.70. The summed E-state index contributed by atoms with van der Waals surface area (Å²) in [5.41, 5.74) is 4.34. The zero-order valence-corrected chi connectivity index (χ0v) is 8.92. The van der Waals surface area contributed by atoms with Gasteiger partial charge < -0.3 is 5.73 Å². The highest BCUT2D eigenvalue weighted by atomic mass is 19.4. The fraction of sp³-hybridized carbons (Fsp3) is 0.455. The number of halogens is 3. The van der Waals surface area contributed by atoms with Gasteiger partial charge in [0.1, 0.15) is 0 Å². The number of carbonyl (C=O) groups excluding carboxylic acids is 1. The normalized spacial score (nSPS) is 17.8. The van der Waals surface area contributed by atoms with E-state index >= 15 is 0 Å². The van der Waals surface area contributed by atoms with E-state index in [4.69, 9.17) is 5.73 Å². The van der Waals surface area contributed by atoms with Crippen LogP contribution in [-0.2, 0) is 17.4 Å². The standard InChI is InChI=1S/C11H11F3N2O/c12-11(13,14)7-1-2-8(16-6-7)5-10(3-4-10)9(15)17/h1-2,6H,3-5H2,(H2,15,17). The number of rotatable bonds is 3. The van der Waals surface area contributed by atoms with Gasteiger partial charge in [-0.3, -0.25) is 9.78 Å². The first-order chi connectivity index (χ1) is 7.83. The van der Waals surface area contributed by atoms with E-state index in [2.05, 4.69) is 4.98 Å². The summed E-state index contributed by atoms with van der Waals surface area (Å²) in [6.45, 7) is 0. The Kier molecular flexibility index (Phi) is 2.60. The van der Waals surface area contributed by atoms with Gasteiger partial charge in [-0.1, -0.05) is 0 Å². The molecule has 2 N–H and O–H groups in total. The van der Waals surface area contributed by atoms with E-state index < -0.39 is 23.1 Å². The molecule has 0 atom stereocenters. The Morgan fingerprint density at radius 2 is 2.06 bits per heavy atom. The molecule has 92 valence electrons. The van der Waals surface area contributed by atoms with E-state index in [0.29, 0.717) is 25.0 Å². The maximum atomic E-state index is 12.3. The van der Waals surface area contributed by atoms with Crippen LogP contribution in [0.25, 0.3) is 0 Å². The molecule has 17 heavy (non-hydrogen) atoms. The molecule has 0 aromatic carbocycles. The van der Waals surface area contributed by atoms with Gasteiger partial charge in [0.05, 0.1) is 11.0 Å². The average molecular weight is 244 g/mol. The SMILES string of the molecule is NC(=O)C1(Cc2ccc(C(F)(F)F)cn2)CC1. The molecular weight excluding hydrogens is 233 g/mol. The van der Waals surface area contributed by atoms with Crippen molar-refractivity contribution in [3.05, 3.63) is 29.6 Å². The first-order valence-corrected chi connectivity index (χ1v) is 5.16. The van der Waals surface area contributed by atoms with E-state index in [-0.39, 0.29) is 0 Å². The van der Waals surface area contributed by atoms with Crippen molar-refractivity contribution in [1.82, 2.24) is 4.98 Å². The molecule has 1 aromatic rings. The Morgan fingerprint density at radius 3 is 2.41 bits per heavy atom. The number of amides is 1. The molecule has 6 heteroatoms. The van der Waals surface area contributed by atoms with Crippen LogP contribution in [0.5, 0.6) is 0 Å². The number of primary amides is 1. The van der Waals surface area contributed by atoms with Gasteiger partial charge >= 0.3 is 6.18 Å². The van der Waals surface area contributed by atoms with Gasteiger partial charge in [0, 0.05) is 18.3 Å². The molecule has 0 bridgehead atoms. The Hall–Kier alpha value is -1.59. The third-order valence-corrected chi connectivity index (χ3v) is 3.05. The molecule has 1 fully saturated rings. The number of aromatic nitrogens is 1. The number of hydrogen-bond donors (Lipinski definition) is 1. The van der Waals surface area contributed by atoms with Crippen molar-refractivity contribution in [2.24, 2.45) is 11.1 Å². The van der Waals surface area contributed by atoms with Crippen molar-refractivity contribution in [2.45, 2.75) is 25.4 Å². The van der Waals surface area contributed by atoms with Crippen LogP contribution in [0, 0.1) is 5.41 Å². The topological polar surface area (TPSA) is 56.0 Å². The van der Waals surface area contributed by atoms with Crippen molar-refractivity contribution in [3.63, 3.8) is 0 Å². The highest BCUT2D eigenvalue weighted by molar-refractivity contribution is 5.83. The average Bonchev–Trinajstić information content (AvgIpc) is 2.98. The summed E-state index contributed by atoms with van der Waals surface area (Å²) in [5.74, 6) is -0.404. The lowest BCUT2D eigenvalue weighted by molar-refractivity contribution is -0.137. The predicted octanol–water partition coefficient (Wildman–Crippen LogP) is 1.91. The Balaban J connectivity index is 2.12. The van der Waals surface area contributed by atoms with Gasteiger partial charge in [-0.15, -0.1) is 0 Å². The summed E-state index contributed by atoms with van der Waals surface area (Å²) in [7, 11) is 0. The zero-order chi connectivity index (χ0) is 12.7. The van der Waals surface area contributed by atoms with Crippen molar-refractivity contribution in [2.75, 3.05) is 0 Å². The van der Waals surface area contributed by atoms with Crippen LogP contribution in [0.3, 0.4) is 0 Å². The third kappa shape index (κ3) is 2.40. The summed E-state index contributed by atoms with van der Waals surface area (Å²) in [6, 6.07) is 2.27. The lowest BCUT2D eigenvalue weighted by Gasteiger charge is -2.11. The van der Waals surface area contributed by atoms with Crippen LogP contribution in [0.2, 0.25) is 0 Å². The smallest absolute Gasteiger partial charge is 0.369 e. The quantitative estimate of drug-likeness (QED) is 0.882.